The molecule has 0 fully saturated rings. The van der Waals surface area contributed by atoms with E-state index < -0.39 is 0 Å². The molecule has 0 N–H and O–H groups in total. The summed E-state index contributed by atoms with van der Waals surface area (Å²) in [6.45, 7) is 6.87. The highest BCUT2D eigenvalue weighted by molar-refractivity contribution is 9.10. The lowest BCUT2D eigenvalue weighted by atomic mass is 10.0. The van der Waals surface area contributed by atoms with Crippen LogP contribution in [0, 0.1) is 6.92 Å². The maximum Gasteiger partial charge on any atom is 0.305 e. The summed E-state index contributed by atoms with van der Waals surface area (Å²) < 4.78 is 12.2. The van der Waals surface area contributed by atoms with E-state index >= 15 is 0 Å². The van der Waals surface area contributed by atoms with E-state index in [-0.39, 0.29) is 5.97 Å². The smallest absolute Gasteiger partial charge is 0.305 e. The van der Waals surface area contributed by atoms with Crippen molar-refractivity contribution in [2.45, 2.75) is 46.1 Å². The van der Waals surface area contributed by atoms with E-state index in [4.69, 9.17) is 9.47 Å². The molecule has 0 aliphatic carbocycles. The van der Waals surface area contributed by atoms with Gasteiger partial charge >= 0.3 is 5.97 Å². The Hall–Kier alpha value is -2.01. The Bertz CT molecular complexity index is 821. The SMILES string of the molecule is CCOC(=O)CCCN1CCCc2cc(OCc3cccc(Br)c3C)ccc21. The van der Waals surface area contributed by atoms with Crippen LogP contribution in [-0.2, 0) is 22.6 Å². The van der Waals surface area contributed by atoms with Crippen molar-refractivity contribution in [3.8, 4) is 5.75 Å². The van der Waals surface area contributed by atoms with Crippen LogP contribution in [0.2, 0.25) is 0 Å². The molecule has 1 aliphatic rings. The van der Waals surface area contributed by atoms with Gasteiger partial charge in [0.25, 0.3) is 0 Å². The zero-order valence-electron chi connectivity index (χ0n) is 16.7. The number of fused-ring (bicyclic) bond motifs is 1. The van der Waals surface area contributed by atoms with Crippen molar-refractivity contribution in [3.63, 3.8) is 0 Å². The molecule has 0 bridgehead atoms. The van der Waals surface area contributed by atoms with Gasteiger partial charge < -0.3 is 14.4 Å². The van der Waals surface area contributed by atoms with Crippen molar-refractivity contribution in [2.24, 2.45) is 0 Å². The number of hydrogen-bond donors (Lipinski definition) is 0. The number of benzene rings is 2. The number of hydrogen-bond acceptors (Lipinski definition) is 4. The lowest BCUT2D eigenvalue weighted by molar-refractivity contribution is -0.143. The van der Waals surface area contributed by atoms with Crippen LogP contribution in [0.15, 0.2) is 40.9 Å². The third-order valence-electron chi connectivity index (χ3n) is 5.15. The van der Waals surface area contributed by atoms with Crippen LogP contribution in [0.3, 0.4) is 0 Å². The fourth-order valence-electron chi connectivity index (χ4n) is 3.59. The van der Waals surface area contributed by atoms with Crippen LogP contribution in [0.5, 0.6) is 5.75 Å². The monoisotopic (exact) mass is 445 g/mol. The number of carbonyl (C=O) groups is 1. The van der Waals surface area contributed by atoms with Gasteiger partial charge in [0.05, 0.1) is 6.61 Å². The Kier molecular flexibility index (Phi) is 7.37. The number of anilines is 1. The summed E-state index contributed by atoms with van der Waals surface area (Å²) in [7, 11) is 0. The van der Waals surface area contributed by atoms with Crippen molar-refractivity contribution in [3.05, 3.63) is 57.6 Å². The van der Waals surface area contributed by atoms with E-state index in [9.17, 15) is 4.79 Å². The summed E-state index contributed by atoms with van der Waals surface area (Å²) in [5.41, 5.74) is 4.99. The lowest BCUT2D eigenvalue weighted by Crippen LogP contribution is -2.30. The highest BCUT2D eigenvalue weighted by Crippen LogP contribution is 2.31. The molecule has 4 nitrogen and oxygen atoms in total. The largest absolute Gasteiger partial charge is 0.489 e. The minimum atomic E-state index is -0.105. The molecule has 0 amide bonds. The van der Waals surface area contributed by atoms with Crippen molar-refractivity contribution in [1.82, 2.24) is 0 Å². The van der Waals surface area contributed by atoms with Gasteiger partial charge in [-0.3, -0.25) is 4.79 Å². The second-order valence-electron chi connectivity index (χ2n) is 7.10. The first kappa shape index (κ1) is 20.7. The normalized spacial score (nSPS) is 13.2. The number of nitrogens with zero attached hydrogens (tertiary/aromatic N) is 1. The summed E-state index contributed by atoms with van der Waals surface area (Å²) in [4.78, 5) is 13.9. The molecular weight excluding hydrogens is 418 g/mol. The van der Waals surface area contributed by atoms with E-state index in [0.717, 1.165) is 42.6 Å². The fourth-order valence-corrected chi connectivity index (χ4v) is 4.00. The van der Waals surface area contributed by atoms with Crippen LogP contribution in [0.4, 0.5) is 5.69 Å². The number of halogens is 1. The molecule has 0 unspecified atom stereocenters. The molecule has 1 aliphatic heterocycles. The van der Waals surface area contributed by atoms with Crippen LogP contribution in [-0.4, -0.2) is 25.7 Å². The van der Waals surface area contributed by atoms with Gasteiger partial charge in [0, 0.05) is 29.7 Å². The van der Waals surface area contributed by atoms with Crippen LogP contribution >= 0.6 is 15.9 Å². The minimum absolute atomic E-state index is 0.105. The highest BCUT2D eigenvalue weighted by atomic mass is 79.9. The zero-order valence-corrected chi connectivity index (χ0v) is 18.3. The predicted molar refractivity (Wildman–Crippen MR) is 116 cm³/mol. The molecule has 0 spiro atoms. The molecule has 2 aromatic rings. The molecule has 150 valence electrons. The molecule has 2 aromatic carbocycles. The summed E-state index contributed by atoms with van der Waals surface area (Å²) >= 11 is 3.58. The Balaban J connectivity index is 1.60. The van der Waals surface area contributed by atoms with Crippen LogP contribution in [0.1, 0.15) is 42.9 Å². The van der Waals surface area contributed by atoms with Crippen molar-refractivity contribution in [2.75, 3.05) is 24.6 Å². The van der Waals surface area contributed by atoms with Crippen LogP contribution in [0.25, 0.3) is 0 Å². The fraction of sp³-hybridized carbons (Fsp3) is 0.435. The van der Waals surface area contributed by atoms with Gasteiger partial charge in [0.15, 0.2) is 0 Å². The zero-order chi connectivity index (χ0) is 19.9. The maximum absolute atomic E-state index is 11.5. The van der Waals surface area contributed by atoms with Crippen molar-refractivity contribution in [1.29, 1.82) is 0 Å². The number of carbonyl (C=O) groups excluding carboxylic acids is 1. The Morgan fingerprint density at radius 3 is 2.93 bits per heavy atom. The first-order valence-corrected chi connectivity index (χ1v) is 10.8. The number of esters is 1. The summed E-state index contributed by atoms with van der Waals surface area (Å²) in [5, 5.41) is 0. The van der Waals surface area contributed by atoms with Gasteiger partial charge in [-0.2, -0.15) is 0 Å². The molecule has 0 saturated heterocycles. The quantitative estimate of drug-likeness (QED) is 0.507. The second-order valence-corrected chi connectivity index (χ2v) is 7.96. The molecule has 0 atom stereocenters. The molecule has 28 heavy (non-hydrogen) atoms. The van der Waals surface area contributed by atoms with E-state index in [1.165, 1.54) is 22.4 Å². The topological polar surface area (TPSA) is 38.8 Å². The molecule has 3 rings (SSSR count). The second kappa shape index (κ2) is 9.97. The lowest BCUT2D eigenvalue weighted by Gasteiger charge is -2.31. The van der Waals surface area contributed by atoms with Gasteiger partial charge in [-0.15, -0.1) is 0 Å². The molecular formula is C23H28BrNO3. The average Bonchev–Trinajstić information content (AvgIpc) is 2.69. The van der Waals surface area contributed by atoms with E-state index in [1.54, 1.807) is 0 Å². The highest BCUT2D eigenvalue weighted by Gasteiger charge is 2.18. The minimum Gasteiger partial charge on any atom is -0.489 e. The molecule has 1 heterocycles. The molecule has 0 saturated carbocycles. The Morgan fingerprint density at radius 1 is 1.25 bits per heavy atom. The van der Waals surface area contributed by atoms with Crippen molar-refractivity contribution < 1.29 is 14.3 Å². The molecule has 5 heteroatoms. The maximum atomic E-state index is 11.5. The molecule has 0 radical (unpaired) electrons. The Morgan fingerprint density at radius 2 is 2.11 bits per heavy atom. The summed E-state index contributed by atoms with van der Waals surface area (Å²) in [6.07, 6.45) is 3.49. The molecule has 0 aromatic heterocycles. The van der Waals surface area contributed by atoms with Gasteiger partial charge in [-0.25, -0.2) is 0 Å². The average molecular weight is 446 g/mol. The first-order valence-electron chi connectivity index (χ1n) is 9.98. The third kappa shape index (κ3) is 5.28. The summed E-state index contributed by atoms with van der Waals surface area (Å²) in [6, 6.07) is 12.6. The predicted octanol–water partition coefficient (Wildman–Crippen LogP) is 5.43. The Labute approximate surface area is 176 Å². The standard InChI is InChI=1S/C23H28BrNO3/c1-3-27-23(26)10-6-14-25-13-5-8-18-15-20(11-12-22(18)25)28-16-19-7-4-9-21(24)17(19)2/h4,7,9,11-12,15H,3,5-6,8,10,13-14,16H2,1-2H3. The van der Waals surface area contributed by atoms with E-state index in [0.29, 0.717) is 19.6 Å². The third-order valence-corrected chi connectivity index (χ3v) is 6.01. The van der Waals surface area contributed by atoms with Gasteiger partial charge in [0.2, 0.25) is 0 Å². The number of ether oxygens (including phenoxy) is 2. The number of aryl methyl sites for hydroxylation is 1. The van der Waals surface area contributed by atoms with Gasteiger partial charge in [-0.05, 0) is 74.1 Å². The van der Waals surface area contributed by atoms with E-state index in [1.807, 2.05) is 19.1 Å². The van der Waals surface area contributed by atoms with Crippen molar-refractivity contribution >= 4 is 27.6 Å². The first-order chi connectivity index (χ1) is 13.6. The van der Waals surface area contributed by atoms with Crippen LogP contribution < -0.4 is 9.64 Å². The number of rotatable bonds is 8. The van der Waals surface area contributed by atoms with E-state index in [2.05, 4.69) is 52.0 Å². The van der Waals surface area contributed by atoms with Gasteiger partial charge in [-0.1, -0.05) is 28.1 Å². The summed E-state index contributed by atoms with van der Waals surface area (Å²) in [5.74, 6) is 0.804. The van der Waals surface area contributed by atoms with Gasteiger partial charge in [0.1, 0.15) is 12.4 Å².